The molecule has 6 heteroatoms. The Morgan fingerprint density at radius 2 is 2.14 bits per heavy atom. The first-order valence-corrected chi connectivity index (χ1v) is 7.81. The Bertz CT molecular complexity index is 593. The van der Waals surface area contributed by atoms with Crippen molar-refractivity contribution in [2.24, 2.45) is 7.05 Å². The highest BCUT2D eigenvalue weighted by Crippen LogP contribution is 2.22. The first kappa shape index (κ1) is 16.0. The van der Waals surface area contributed by atoms with Gasteiger partial charge in [0, 0.05) is 61.2 Å². The third-order valence-electron chi connectivity index (χ3n) is 3.15. The highest BCUT2D eigenvalue weighted by molar-refractivity contribution is 9.10. The fourth-order valence-electron chi connectivity index (χ4n) is 2.16. The zero-order chi connectivity index (χ0) is 15.4. The van der Waals surface area contributed by atoms with Gasteiger partial charge in [-0.1, -0.05) is 13.8 Å². The van der Waals surface area contributed by atoms with Gasteiger partial charge < -0.3 is 10.2 Å². The Balaban J connectivity index is 2.16. The summed E-state index contributed by atoms with van der Waals surface area (Å²) in [7, 11) is 3.99. The number of hydrogen-bond donors (Lipinski definition) is 1. The van der Waals surface area contributed by atoms with Crippen LogP contribution in [-0.2, 0) is 20.1 Å². The lowest BCUT2D eigenvalue weighted by atomic mass is 10.2. The van der Waals surface area contributed by atoms with E-state index in [0.717, 1.165) is 23.4 Å². The topological polar surface area (TPSA) is 46.0 Å². The molecule has 0 aromatic carbocycles. The molecule has 2 rings (SSSR count). The van der Waals surface area contributed by atoms with Crippen LogP contribution in [0.15, 0.2) is 29.1 Å². The van der Waals surface area contributed by atoms with Crippen molar-refractivity contribution in [2.75, 3.05) is 11.9 Å². The summed E-state index contributed by atoms with van der Waals surface area (Å²) in [4.78, 5) is 6.72. The Labute approximate surface area is 134 Å². The van der Waals surface area contributed by atoms with E-state index in [1.54, 1.807) is 0 Å². The number of aryl methyl sites for hydroxylation is 1. The predicted octanol–water partition coefficient (Wildman–Crippen LogP) is 2.71. The molecule has 1 N–H and O–H groups in total. The van der Waals surface area contributed by atoms with Crippen molar-refractivity contribution in [2.45, 2.75) is 33.0 Å². The van der Waals surface area contributed by atoms with Gasteiger partial charge >= 0.3 is 0 Å². The highest BCUT2D eigenvalue weighted by Gasteiger charge is 2.11. The van der Waals surface area contributed by atoms with E-state index >= 15 is 0 Å². The second kappa shape index (κ2) is 7.04. The average molecular weight is 352 g/mol. The molecule has 0 aliphatic heterocycles. The van der Waals surface area contributed by atoms with Crippen molar-refractivity contribution in [3.05, 3.63) is 40.3 Å². The molecule has 0 spiro atoms. The minimum Gasteiger partial charge on any atom is -0.355 e. The Morgan fingerprint density at radius 1 is 1.38 bits per heavy atom. The second-order valence-corrected chi connectivity index (χ2v) is 6.47. The van der Waals surface area contributed by atoms with Gasteiger partial charge in [0.15, 0.2) is 0 Å². The van der Waals surface area contributed by atoms with Gasteiger partial charge in [0.1, 0.15) is 5.82 Å². The van der Waals surface area contributed by atoms with Crippen molar-refractivity contribution >= 4 is 21.7 Å². The molecule has 2 aromatic heterocycles. The molecule has 5 nitrogen and oxygen atoms in total. The first-order chi connectivity index (χ1) is 9.95. The molecule has 2 aromatic rings. The van der Waals surface area contributed by atoms with E-state index in [1.807, 2.05) is 30.3 Å². The summed E-state index contributed by atoms with van der Waals surface area (Å²) < 4.78 is 2.82. The molecule has 0 bridgehead atoms. The normalized spacial score (nSPS) is 11.1. The van der Waals surface area contributed by atoms with Gasteiger partial charge in [-0.15, -0.1) is 0 Å². The monoisotopic (exact) mass is 351 g/mol. The second-order valence-electron chi connectivity index (χ2n) is 5.55. The number of nitrogens with one attached hydrogen (secondary N) is 1. The van der Waals surface area contributed by atoms with E-state index in [2.05, 4.69) is 63.2 Å². The van der Waals surface area contributed by atoms with Gasteiger partial charge in [-0.25, -0.2) is 4.98 Å². The maximum absolute atomic E-state index is 4.57. The van der Waals surface area contributed by atoms with E-state index in [1.165, 1.54) is 11.1 Å². The number of pyridine rings is 1. The number of halogens is 1. The summed E-state index contributed by atoms with van der Waals surface area (Å²) in [5, 5.41) is 7.66. The molecule has 0 saturated carbocycles. The Hall–Kier alpha value is -1.40. The number of anilines is 1. The van der Waals surface area contributed by atoms with E-state index < -0.39 is 0 Å². The molecule has 0 atom stereocenters. The summed E-state index contributed by atoms with van der Waals surface area (Å²) >= 11 is 3.50. The van der Waals surface area contributed by atoms with Gasteiger partial charge in [-0.3, -0.25) is 4.68 Å². The van der Waals surface area contributed by atoms with E-state index in [4.69, 9.17) is 0 Å². The van der Waals surface area contributed by atoms with Crippen LogP contribution < -0.4 is 10.2 Å². The van der Waals surface area contributed by atoms with Crippen molar-refractivity contribution < 1.29 is 0 Å². The molecule has 0 aliphatic rings. The molecule has 114 valence electrons. The van der Waals surface area contributed by atoms with Crippen LogP contribution in [0, 0.1) is 0 Å². The van der Waals surface area contributed by atoms with Crippen LogP contribution in [0.4, 0.5) is 5.82 Å². The SMILES string of the molecule is CC(C)NCc1cc(Br)cnc1N(C)Cc1cnn(C)c1. The van der Waals surface area contributed by atoms with Gasteiger partial charge in [0.25, 0.3) is 0 Å². The summed E-state index contributed by atoms with van der Waals surface area (Å²) in [5.74, 6) is 0.996. The molecule has 0 amide bonds. The number of hydrogen-bond acceptors (Lipinski definition) is 4. The molecule has 2 heterocycles. The number of aromatic nitrogens is 3. The smallest absolute Gasteiger partial charge is 0.133 e. The lowest BCUT2D eigenvalue weighted by Gasteiger charge is -2.21. The molecular weight excluding hydrogens is 330 g/mol. The lowest BCUT2D eigenvalue weighted by molar-refractivity contribution is 0.587. The molecule has 0 radical (unpaired) electrons. The largest absolute Gasteiger partial charge is 0.355 e. The summed E-state index contributed by atoms with van der Waals surface area (Å²) in [5.41, 5.74) is 2.36. The van der Waals surface area contributed by atoms with Crippen LogP contribution in [0.1, 0.15) is 25.0 Å². The molecule has 0 fully saturated rings. The maximum Gasteiger partial charge on any atom is 0.133 e. The van der Waals surface area contributed by atoms with Crippen molar-refractivity contribution in [3.63, 3.8) is 0 Å². The highest BCUT2D eigenvalue weighted by atomic mass is 79.9. The van der Waals surface area contributed by atoms with Gasteiger partial charge in [0.05, 0.1) is 6.20 Å². The van der Waals surface area contributed by atoms with Gasteiger partial charge in [-0.05, 0) is 22.0 Å². The minimum atomic E-state index is 0.445. The summed E-state index contributed by atoms with van der Waals surface area (Å²) in [6, 6.07) is 2.57. The van der Waals surface area contributed by atoms with Crippen molar-refractivity contribution in [1.29, 1.82) is 0 Å². The third kappa shape index (κ3) is 4.54. The summed E-state index contributed by atoms with van der Waals surface area (Å²) in [6.45, 7) is 5.88. The third-order valence-corrected chi connectivity index (χ3v) is 3.58. The van der Waals surface area contributed by atoms with Gasteiger partial charge in [-0.2, -0.15) is 5.10 Å². The quantitative estimate of drug-likeness (QED) is 0.868. The van der Waals surface area contributed by atoms with Crippen LogP contribution in [0.3, 0.4) is 0 Å². The van der Waals surface area contributed by atoms with Crippen LogP contribution in [0.5, 0.6) is 0 Å². The van der Waals surface area contributed by atoms with Crippen LogP contribution in [0.25, 0.3) is 0 Å². The van der Waals surface area contributed by atoms with E-state index in [0.29, 0.717) is 6.04 Å². The molecule has 0 aliphatic carbocycles. The van der Waals surface area contributed by atoms with Gasteiger partial charge in [0.2, 0.25) is 0 Å². The van der Waals surface area contributed by atoms with E-state index in [-0.39, 0.29) is 0 Å². The fourth-order valence-corrected chi connectivity index (χ4v) is 2.54. The molecule has 21 heavy (non-hydrogen) atoms. The van der Waals surface area contributed by atoms with Crippen LogP contribution in [0.2, 0.25) is 0 Å². The Morgan fingerprint density at radius 3 is 2.76 bits per heavy atom. The van der Waals surface area contributed by atoms with Crippen LogP contribution >= 0.6 is 15.9 Å². The first-order valence-electron chi connectivity index (χ1n) is 7.02. The fraction of sp³-hybridized carbons (Fsp3) is 0.467. The van der Waals surface area contributed by atoms with E-state index in [9.17, 15) is 0 Å². The zero-order valence-electron chi connectivity index (χ0n) is 13.0. The average Bonchev–Trinajstić information content (AvgIpc) is 2.81. The van der Waals surface area contributed by atoms with Crippen molar-refractivity contribution in [1.82, 2.24) is 20.1 Å². The minimum absolute atomic E-state index is 0.445. The zero-order valence-corrected chi connectivity index (χ0v) is 14.6. The number of rotatable bonds is 6. The Kier molecular flexibility index (Phi) is 5.36. The van der Waals surface area contributed by atoms with Crippen LogP contribution in [-0.4, -0.2) is 27.9 Å². The van der Waals surface area contributed by atoms with Crippen molar-refractivity contribution in [3.8, 4) is 0 Å². The molecular formula is C15H22BrN5. The number of nitrogens with zero attached hydrogens (tertiary/aromatic N) is 4. The standard InChI is InChI=1S/C15H22BrN5/c1-11(2)17-7-13-5-14(16)8-18-15(13)20(3)9-12-6-19-21(4)10-12/h5-6,8,10-11,17H,7,9H2,1-4H3. The lowest BCUT2D eigenvalue weighted by Crippen LogP contribution is -2.25. The summed E-state index contributed by atoms with van der Waals surface area (Å²) in [6.07, 6.45) is 5.76. The maximum atomic E-state index is 4.57. The molecule has 0 saturated heterocycles. The predicted molar refractivity (Wildman–Crippen MR) is 89.2 cm³/mol. The molecule has 0 unspecified atom stereocenters.